The van der Waals surface area contributed by atoms with Crippen molar-refractivity contribution in [3.05, 3.63) is 47.2 Å². The first-order valence-electron chi connectivity index (χ1n) is 6.86. The van der Waals surface area contributed by atoms with Gasteiger partial charge < -0.3 is 10.4 Å². The maximum atomic E-state index is 11.1. The molecule has 0 aliphatic rings. The molecular weight excluding hydrogens is 290 g/mol. The van der Waals surface area contributed by atoms with Crippen molar-refractivity contribution >= 4 is 17.6 Å². The Morgan fingerprint density at radius 1 is 1.43 bits per heavy atom. The molecule has 6 heteroatoms. The van der Waals surface area contributed by atoms with E-state index >= 15 is 0 Å². The molecule has 1 heterocycles. The molecule has 0 aliphatic carbocycles. The van der Waals surface area contributed by atoms with Crippen molar-refractivity contribution in [2.75, 3.05) is 0 Å². The molecule has 0 radical (unpaired) electrons. The van der Waals surface area contributed by atoms with Crippen molar-refractivity contribution in [3.63, 3.8) is 0 Å². The predicted molar refractivity (Wildman–Crippen MR) is 81.7 cm³/mol. The van der Waals surface area contributed by atoms with Crippen LogP contribution in [0.15, 0.2) is 36.7 Å². The number of rotatable bonds is 7. The van der Waals surface area contributed by atoms with Gasteiger partial charge in [-0.2, -0.15) is 5.10 Å². The summed E-state index contributed by atoms with van der Waals surface area (Å²) < 4.78 is 1.74. The van der Waals surface area contributed by atoms with Crippen LogP contribution in [0.3, 0.4) is 0 Å². The third-order valence-electron chi connectivity index (χ3n) is 3.16. The van der Waals surface area contributed by atoms with E-state index < -0.39 is 12.0 Å². The Labute approximate surface area is 128 Å². The molecule has 1 aromatic carbocycles. The number of hydrogen-bond donors (Lipinski definition) is 2. The molecule has 0 bridgehead atoms. The Morgan fingerprint density at radius 3 is 2.76 bits per heavy atom. The van der Waals surface area contributed by atoms with E-state index in [2.05, 4.69) is 10.4 Å². The normalized spacial score (nSPS) is 12.3. The fourth-order valence-corrected chi connectivity index (χ4v) is 2.15. The molecule has 0 saturated heterocycles. The van der Waals surface area contributed by atoms with Crippen molar-refractivity contribution in [2.45, 2.75) is 32.4 Å². The summed E-state index contributed by atoms with van der Waals surface area (Å²) in [4.78, 5) is 11.1. The molecule has 0 saturated carbocycles. The lowest BCUT2D eigenvalue weighted by Gasteiger charge is -2.12. The Hall–Kier alpha value is -1.85. The van der Waals surface area contributed by atoms with Gasteiger partial charge in [-0.3, -0.25) is 4.79 Å². The zero-order valence-electron chi connectivity index (χ0n) is 11.8. The number of aliphatic carboxylic acids is 1. The topological polar surface area (TPSA) is 67.2 Å². The summed E-state index contributed by atoms with van der Waals surface area (Å²) in [5.74, 6) is -0.818. The molecule has 0 spiro atoms. The van der Waals surface area contributed by atoms with Crippen LogP contribution >= 0.6 is 11.6 Å². The first-order chi connectivity index (χ1) is 10.1. The van der Waals surface area contributed by atoms with E-state index in [1.165, 1.54) is 0 Å². The van der Waals surface area contributed by atoms with Crippen LogP contribution in [0.1, 0.15) is 25.3 Å². The summed E-state index contributed by atoms with van der Waals surface area (Å²) in [5.41, 5.74) is 1.85. The van der Waals surface area contributed by atoms with Gasteiger partial charge >= 0.3 is 5.97 Å². The average Bonchev–Trinajstić information content (AvgIpc) is 2.92. The van der Waals surface area contributed by atoms with Crippen LogP contribution in [0.4, 0.5) is 0 Å². The number of carbonyl (C=O) groups is 1. The van der Waals surface area contributed by atoms with E-state index in [9.17, 15) is 4.79 Å². The second kappa shape index (κ2) is 7.24. The molecular formula is C15H18ClN3O2. The van der Waals surface area contributed by atoms with E-state index in [1.807, 2.05) is 25.3 Å². The quantitative estimate of drug-likeness (QED) is 0.825. The minimum Gasteiger partial charge on any atom is -0.480 e. The zero-order chi connectivity index (χ0) is 15.2. The van der Waals surface area contributed by atoms with Gasteiger partial charge in [0.05, 0.1) is 11.9 Å². The maximum Gasteiger partial charge on any atom is 0.320 e. The van der Waals surface area contributed by atoms with Crippen LogP contribution in [0.25, 0.3) is 5.69 Å². The molecule has 0 fully saturated rings. The lowest BCUT2D eigenvalue weighted by molar-refractivity contribution is -0.139. The SMILES string of the molecule is CCCC(NCc1cnn(-c2ccc(Cl)cc2)c1)C(=O)O. The largest absolute Gasteiger partial charge is 0.480 e. The van der Waals surface area contributed by atoms with Crippen LogP contribution in [-0.4, -0.2) is 26.9 Å². The van der Waals surface area contributed by atoms with Gasteiger partial charge in [0, 0.05) is 23.3 Å². The number of carboxylic acids is 1. The molecule has 2 N–H and O–H groups in total. The molecule has 1 aromatic heterocycles. The highest BCUT2D eigenvalue weighted by molar-refractivity contribution is 6.30. The molecule has 0 amide bonds. The number of carboxylic acid groups (broad SMARTS) is 1. The number of nitrogens with one attached hydrogen (secondary N) is 1. The molecule has 21 heavy (non-hydrogen) atoms. The van der Waals surface area contributed by atoms with E-state index in [0.29, 0.717) is 18.0 Å². The van der Waals surface area contributed by atoms with E-state index in [1.54, 1.807) is 23.0 Å². The first kappa shape index (κ1) is 15.5. The molecule has 2 aromatic rings. The molecule has 2 rings (SSSR count). The second-order valence-electron chi connectivity index (χ2n) is 4.83. The van der Waals surface area contributed by atoms with E-state index in [4.69, 9.17) is 16.7 Å². The molecule has 5 nitrogen and oxygen atoms in total. The van der Waals surface area contributed by atoms with Crippen LogP contribution < -0.4 is 5.32 Å². The smallest absolute Gasteiger partial charge is 0.320 e. The number of benzene rings is 1. The van der Waals surface area contributed by atoms with Crippen LogP contribution in [-0.2, 0) is 11.3 Å². The minimum absolute atomic E-state index is 0.477. The third kappa shape index (κ3) is 4.31. The van der Waals surface area contributed by atoms with Crippen molar-refractivity contribution in [3.8, 4) is 5.69 Å². The van der Waals surface area contributed by atoms with Gasteiger partial charge in [0.1, 0.15) is 6.04 Å². The average molecular weight is 308 g/mol. The number of halogens is 1. The van der Waals surface area contributed by atoms with Gasteiger partial charge in [-0.15, -0.1) is 0 Å². The lowest BCUT2D eigenvalue weighted by atomic mass is 10.1. The van der Waals surface area contributed by atoms with Crippen molar-refractivity contribution in [2.24, 2.45) is 0 Å². The van der Waals surface area contributed by atoms with Crippen molar-refractivity contribution < 1.29 is 9.90 Å². The van der Waals surface area contributed by atoms with Gasteiger partial charge in [0.25, 0.3) is 0 Å². The highest BCUT2D eigenvalue weighted by atomic mass is 35.5. The number of nitrogens with zero attached hydrogens (tertiary/aromatic N) is 2. The van der Waals surface area contributed by atoms with E-state index in [0.717, 1.165) is 17.7 Å². The molecule has 0 aliphatic heterocycles. The molecule has 1 unspecified atom stereocenters. The summed E-state index contributed by atoms with van der Waals surface area (Å²) in [7, 11) is 0. The Morgan fingerprint density at radius 2 is 2.14 bits per heavy atom. The Kier molecular flexibility index (Phi) is 5.36. The third-order valence-corrected chi connectivity index (χ3v) is 3.41. The summed E-state index contributed by atoms with van der Waals surface area (Å²) in [6, 6.07) is 6.85. The van der Waals surface area contributed by atoms with Gasteiger partial charge in [0.15, 0.2) is 0 Å². The molecule has 112 valence electrons. The summed E-state index contributed by atoms with van der Waals surface area (Å²) >= 11 is 5.85. The second-order valence-corrected chi connectivity index (χ2v) is 5.27. The summed E-state index contributed by atoms with van der Waals surface area (Å²) in [6.07, 6.45) is 5.04. The molecule has 1 atom stereocenters. The number of hydrogen-bond acceptors (Lipinski definition) is 3. The van der Waals surface area contributed by atoms with Crippen LogP contribution in [0, 0.1) is 0 Å². The highest BCUT2D eigenvalue weighted by Gasteiger charge is 2.15. The number of aromatic nitrogens is 2. The standard InChI is InChI=1S/C15H18ClN3O2/c1-2-3-14(15(20)21)17-8-11-9-18-19(10-11)13-6-4-12(16)5-7-13/h4-7,9-10,14,17H,2-3,8H2,1H3,(H,20,21). The van der Waals surface area contributed by atoms with Gasteiger partial charge in [-0.05, 0) is 30.7 Å². The van der Waals surface area contributed by atoms with Crippen LogP contribution in [0.5, 0.6) is 0 Å². The van der Waals surface area contributed by atoms with Gasteiger partial charge in [-0.25, -0.2) is 4.68 Å². The van der Waals surface area contributed by atoms with E-state index in [-0.39, 0.29) is 0 Å². The monoisotopic (exact) mass is 307 g/mol. The highest BCUT2D eigenvalue weighted by Crippen LogP contribution is 2.13. The minimum atomic E-state index is -0.818. The van der Waals surface area contributed by atoms with Crippen molar-refractivity contribution in [1.82, 2.24) is 15.1 Å². The fraction of sp³-hybridized carbons (Fsp3) is 0.333. The Balaban J connectivity index is 2.00. The summed E-state index contributed by atoms with van der Waals surface area (Å²) in [5, 5.41) is 17.1. The van der Waals surface area contributed by atoms with Gasteiger partial charge in [0.2, 0.25) is 0 Å². The van der Waals surface area contributed by atoms with Crippen LogP contribution in [0.2, 0.25) is 5.02 Å². The lowest BCUT2D eigenvalue weighted by Crippen LogP contribution is -2.35. The fourth-order valence-electron chi connectivity index (χ4n) is 2.03. The van der Waals surface area contributed by atoms with Crippen molar-refractivity contribution in [1.29, 1.82) is 0 Å². The van der Waals surface area contributed by atoms with Gasteiger partial charge in [-0.1, -0.05) is 24.9 Å². The predicted octanol–water partition coefficient (Wildman–Crippen LogP) is 2.87. The zero-order valence-corrected chi connectivity index (χ0v) is 12.5. The Bertz CT molecular complexity index is 595. The summed E-state index contributed by atoms with van der Waals surface area (Å²) in [6.45, 7) is 2.45. The maximum absolute atomic E-state index is 11.1. The first-order valence-corrected chi connectivity index (χ1v) is 7.23.